The van der Waals surface area contributed by atoms with Gasteiger partial charge in [0.05, 0.1) is 13.5 Å². The monoisotopic (exact) mass is 188 g/mol. The zero-order valence-corrected chi connectivity index (χ0v) is 8.33. The molecule has 0 saturated heterocycles. The second-order valence-corrected chi connectivity index (χ2v) is 2.86. The molecule has 0 aliphatic rings. The molecule has 0 fully saturated rings. The molecule has 0 heterocycles. The van der Waals surface area contributed by atoms with Gasteiger partial charge in [-0.15, -0.1) is 0 Å². The Kier molecular flexibility index (Phi) is 3.75. The Balaban J connectivity index is 2.87. The van der Waals surface area contributed by atoms with E-state index in [2.05, 4.69) is 11.8 Å². The lowest BCUT2D eigenvalue weighted by atomic mass is 10.1. The second kappa shape index (κ2) is 5.08. The molecule has 0 unspecified atom stereocenters. The third-order valence-electron chi connectivity index (χ3n) is 1.81. The molecule has 0 spiro atoms. The van der Waals surface area contributed by atoms with Gasteiger partial charge in [-0.2, -0.15) is 0 Å². The smallest absolute Gasteiger partial charge is 0.131 e. The molecule has 0 aromatic heterocycles. The number of rotatable bonds is 2. The Morgan fingerprint density at radius 2 is 2.29 bits per heavy atom. The maximum atomic E-state index is 10.0. The number of aryl methyl sites for hydroxylation is 1. The highest BCUT2D eigenvalue weighted by molar-refractivity contribution is 5.55. The molecule has 0 amide bonds. The molecule has 0 atom stereocenters. The highest BCUT2D eigenvalue weighted by Gasteiger charge is 1.96. The second-order valence-electron chi connectivity index (χ2n) is 2.86. The predicted molar refractivity (Wildman–Crippen MR) is 55.3 cm³/mol. The Morgan fingerprint density at radius 1 is 1.50 bits per heavy atom. The van der Waals surface area contributed by atoms with Crippen molar-refractivity contribution in [2.24, 2.45) is 0 Å². The minimum absolute atomic E-state index is 0.283. The molecule has 2 heteroatoms. The van der Waals surface area contributed by atoms with Crippen molar-refractivity contribution in [2.45, 2.75) is 13.3 Å². The summed E-state index contributed by atoms with van der Waals surface area (Å²) in [5.41, 5.74) is 1.95. The van der Waals surface area contributed by atoms with Crippen molar-refractivity contribution in [2.75, 3.05) is 7.11 Å². The van der Waals surface area contributed by atoms with E-state index >= 15 is 0 Å². The summed E-state index contributed by atoms with van der Waals surface area (Å²) in [5, 5.41) is 0. The molecular formula is C12H12O2. The van der Waals surface area contributed by atoms with Gasteiger partial charge in [-0.1, -0.05) is 11.8 Å². The number of hydrogen-bond donors (Lipinski definition) is 0. The minimum atomic E-state index is 0.283. The minimum Gasteiger partial charge on any atom is -0.496 e. The average molecular weight is 188 g/mol. The van der Waals surface area contributed by atoms with Gasteiger partial charge >= 0.3 is 0 Å². The molecule has 0 bridgehead atoms. The van der Waals surface area contributed by atoms with Crippen molar-refractivity contribution >= 4 is 6.29 Å². The fourth-order valence-electron chi connectivity index (χ4n) is 1.15. The van der Waals surface area contributed by atoms with Crippen molar-refractivity contribution in [3.8, 4) is 17.6 Å². The van der Waals surface area contributed by atoms with Crippen molar-refractivity contribution < 1.29 is 9.53 Å². The summed E-state index contributed by atoms with van der Waals surface area (Å²) >= 11 is 0. The van der Waals surface area contributed by atoms with Crippen LogP contribution in [-0.4, -0.2) is 13.4 Å². The summed E-state index contributed by atoms with van der Waals surface area (Å²) in [5.74, 6) is 6.51. The first-order valence-corrected chi connectivity index (χ1v) is 4.35. The SMILES string of the molecule is COc1ccc(C#CCC=O)cc1C. The van der Waals surface area contributed by atoms with E-state index < -0.39 is 0 Å². The number of hydrogen-bond acceptors (Lipinski definition) is 2. The van der Waals surface area contributed by atoms with Crippen LogP contribution in [0.3, 0.4) is 0 Å². The summed E-state index contributed by atoms with van der Waals surface area (Å²) in [6.07, 6.45) is 1.08. The summed E-state index contributed by atoms with van der Waals surface area (Å²) < 4.78 is 5.12. The predicted octanol–water partition coefficient (Wildman–Crippen LogP) is 1.94. The van der Waals surface area contributed by atoms with E-state index in [1.807, 2.05) is 25.1 Å². The maximum Gasteiger partial charge on any atom is 0.131 e. The van der Waals surface area contributed by atoms with Crippen molar-refractivity contribution in [1.29, 1.82) is 0 Å². The number of benzene rings is 1. The van der Waals surface area contributed by atoms with E-state index in [4.69, 9.17) is 4.74 Å². The third-order valence-corrected chi connectivity index (χ3v) is 1.81. The van der Waals surface area contributed by atoms with Crippen molar-refractivity contribution in [1.82, 2.24) is 0 Å². The standard InChI is InChI=1S/C12H12O2/c1-10-9-11(5-3-4-8-13)6-7-12(10)14-2/h6-9H,4H2,1-2H3. The molecule has 1 rings (SSSR count). The first-order chi connectivity index (χ1) is 6.77. The normalized spacial score (nSPS) is 8.71. The van der Waals surface area contributed by atoms with Crippen LogP contribution in [0, 0.1) is 18.8 Å². The number of ether oxygens (including phenoxy) is 1. The Bertz CT molecular complexity index is 383. The van der Waals surface area contributed by atoms with E-state index in [1.54, 1.807) is 7.11 Å². The fourth-order valence-corrected chi connectivity index (χ4v) is 1.15. The van der Waals surface area contributed by atoms with Crippen LogP contribution in [0.25, 0.3) is 0 Å². The molecule has 72 valence electrons. The number of carbonyl (C=O) groups excluding carboxylic acids is 1. The molecule has 1 aromatic rings. The first kappa shape index (κ1) is 10.3. The van der Waals surface area contributed by atoms with E-state index in [1.165, 1.54) is 0 Å². The Hall–Kier alpha value is -1.75. The van der Waals surface area contributed by atoms with E-state index in [0.29, 0.717) is 0 Å². The zero-order valence-electron chi connectivity index (χ0n) is 8.33. The van der Waals surface area contributed by atoms with Gasteiger partial charge in [0, 0.05) is 5.56 Å². The molecule has 14 heavy (non-hydrogen) atoms. The van der Waals surface area contributed by atoms with Crippen LogP contribution in [0.1, 0.15) is 17.5 Å². The van der Waals surface area contributed by atoms with Crippen LogP contribution in [0.5, 0.6) is 5.75 Å². The van der Waals surface area contributed by atoms with Crippen LogP contribution in [0.4, 0.5) is 0 Å². The van der Waals surface area contributed by atoms with Gasteiger partial charge in [-0.05, 0) is 30.7 Å². The topological polar surface area (TPSA) is 26.3 Å². The largest absolute Gasteiger partial charge is 0.496 e. The summed E-state index contributed by atoms with van der Waals surface area (Å²) in [6.45, 7) is 1.96. The highest BCUT2D eigenvalue weighted by Crippen LogP contribution is 2.17. The van der Waals surface area contributed by atoms with Gasteiger partial charge in [0.1, 0.15) is 12.0 Å². The molecule has 0 radical (unpaired) electrons. The average Bonchev–Trinajstić information content (AvgIpc) is 2.18. The summed E-state index contributed by atoms with van der Waals surface area (Å²) in [6, 6.07) is 5.69. The quantitative estimate of drug-likeness (QED) is 0.523. The van der Waals surface area contributed by atoms with Gasteiger partial charge < -0.3 is 9.53 Å². The Labute approximate surface area is 83.9 Å². The summed E-state index contributed by atoms with van der Waals surface area (Å²) in [7, 11) is 1.64. The van der Waals surface area contributed by atoms with Gasteiger partial charge in [0.15, 0.2) is 0 Å². The van der Waals surface area contributed by atoms with Gasteiger partial charge in [-0.25, -0.2) is 0 Å². The maximum absolute atomic E-state index is 10.0. The lowest BCUT2D eigenvalue weighted by molar-refractivity contribution is -0.107. The van der Waals surface area contributed by atoms with Crippen LogP contribution in [0.2, 0.25) is 0 Å². The van der Waals surface area contributed by atoms with Gasteiger partial charge in [-0.3, -0.25) is 0 Å². The van der Waals surface area contributed by atoms with Crippen LogP contribution >= 0.6 is 0 Å². The molecule has 0 aliphatic heterocycles. The van der Waals surface area contributed by atoms with Crippen molar-refractivity contribution in [3.05, 3.63) is 29.3 Å². The molecule has 0 aliphatic carbocycles. The molecule has 1 aromatic carbocycles. The number of methoxy groups -OCH3 is 1. The zero-order chi connectivity index (χ0) is 10.4. The van der Waals surface area contributed by atoms with Gasteiger partial charge in [0.2, 0.25) is 0 Å². The van der Waals surface area contributed by atoms with Crippen LogP contribution in [-0.2, 0) is 4.79 Å². The number of aldehydes is 1. The van der Waals surface area contributed by atoms with Gasteiger partial charge in [0.25, 0.3) is 0 Å². The van der Waals surface area contributed by atoms with E-state index in [-0.39, 0.29) is 6.42 Å². The molecule has 0 saturated carbocycles. The van der Waals surface area contributed by atoms with Crippen molar-refractivity contribution in [3.63, 3.8) is 0 Å². The fraction of sp³-hybridized carbons (Fsp3) is 0.250. The third kappa shape index (κ3) is 2.63. The molecule has 0 N–H and O–H groups in total. The van der Waals surface area contributed by atoms with E-state index in [9.17, 15) is 4.79 Å². The number of carbonyl (C=O) groups is 1. The summed E-state index contributed by atoms with van der Waals surface area (Å²) in [4.78, 5) is 10.0. The molecule has 2 nitrogen and oxygen atoms in total. The Morgan fingerprint density at radius 3 is 2.86 bits per heavy atom. The lowest BCUT2D eigenvalue weighted by Gasteiger charge is -2.03. The van der Waals surface area contributed by atoms with E-state index in [0.717, 1.165) is 23.2 Å². The lowest BCUT2D eigenvalue weighted by Crippen LogP contribution is -1.87. The first-order valence-electron chi connectivity index (χ1n) is 4.35. The van der Waals surface area contributed by atoms with Crippen LogP contribution < -0.4 is 4.74 Å². The van der Waals surface area contributed by atoms with Crippen LogP contribution in [0.15, 0.2) is 18.2 Å². The highest BCUT2D eigenvalue weighted by atomic mass is 16.5. The molecular weight excluding hydrogens is 176 g/mol.